The number of halogens is 1. The molecule has 0 spiro atoms. The second kappa shape index (κ2) is 8.39. The van der Waals surface area contributed by atoms with Crippen molar-refractivity contribution in [2.24, 2.45) is 7.05 Å². The van der Waals surface area contributed by atoms with E-state index in [0.717, 1.165) is 20.9 Å². The molecule has 3 rings (SSSR count). The first-order valence-electron chi connectivity index (χ1n) is 8.66. The molecular formula is C21H21BrN2O3. The first kappa shape index (κ1) is 19.2. The molecule has 0 unspecified atom stereocenters. The molecule has 0 saturated carbocycles. The van der Waals surface area contributed by atoms with Gasteiger partial charge in [-0.15, -0.1) is 0 Å². The molecule has 0 aliphatic rings. The number of aryl methyl sites for hydroxylation is 1. The van der Waals surface area contributed by atoms with Crippen LogP contribution in [0.25, 0.3) is 10.9 Å². The molecule has 6 heteroatoms. The predicted molar refractivity (Wildman–Crippen MR) is 108 cm³/mol. The van der Waals surface area contributed by atoms with Crippen LogP contribution >= 0.6 is 15.9 Å². The number of aromatic nitrogens is 1. The Hall–Kier alpha value is -2.60. The van der Waals surface area contributed by atoms with E-state index in [1.807, 2.05) is 66.2 Å². The Labute approximate surface area is 166 Å². The van der Waals surface area contributed by atoms with Gasteiger partial charge in [0.2, 0.25) is 0 Å². The van der Waals surface area contributed by atoms with Crippen LogP contribution in [0.1, 0.15) is 22.5 Å². The van der Waals surface area contributed by atoms with E-state index >= 15 is 0 Å². The molecule has 1 amide bonds. The van der Waals surface area contributed by atoms with Crippen LogP contribution in [0.4, 0.5) is 0 Å². The van der Waals surface area contributed by atoms with E-state index in [1.54, 1.807) is 4.90 Å². The van der Waals surface area contributed by atoms with Crippen molar-refractivity contribution in [3.05, 3.63) is 70.3 Å². The zero-order chi connectivity index (χ0) is 19.4. The van der Waals surface area contributed by atoms with Gasteiger partial charge in [-0.1, -0.05) is 48.5 Å². The monoisotopic (exact) mass is 428 g/mol. The van der Waals surface area contributed by atoms with Gasteiger partial charge in [0.1, 0.15) is 5.69 Å². The smallest absolute Gasteiger partial charge is 0.307 e. The number of methoxy groups -OCH3 is 1. The number of rotatable bonds is 6. The zero-order valence-corrected chi connectivity index (χ0v) is 16.9. The number of hydrogen-bond acceptors (Lipinski definition) is 3. The molecule has 1 heterocycles. The van der Waals surface area contributed by atoms with E-state index < -0.39 is 0 Å². The fourth-order valence-electron chi connectivity index (χ4n) is 3.12. The van der Waals surface area contributed by atoms with Gasteiger partial charge in [-0.3, -0.25) is 9.59 Å². The van der Waals surface area contributed by atoms with Gasteiger partial charge in [-0.25, -0.2) is 0 Å². The number of hydrogen-bond donors (Lipinski definition) is 0. The third kappa shape index (κ3) is 4.06. The van der Waals surface area contributed by atoms with Crippen molar-refractivity contribution in [3.8, 4) is 0 Å². The van der Waals surface area contributed by atoms with E-state index in [9.17, 15) is 9.59 Å². The Morgan fingerprint density at radius 1 is 1.07 bits per heavy atom. The maximum atomic E-state index is 13.4. The van der Waals surface area contributed by atoms with E-state index in [2.05, 4.69) is 15.9 Å². The summed E-state index contributed by atoms with van der Waals surface area (Å²) >= 11 is 3.59. The minimum absolute atomic E-state index is 0.131. The number of benzene rings is 2. The minimum Gasteiger partial charge on any atom is -0.469 e. The number of para-hydroxylation sites is 1. The third-order valence-electron chi connectivity index (χ3n) is 4.56. The van der Waals surface area contributed by atoms with Crippen molar-refractivity contribution in [2.45, 2.75) is 13.0 Å². The number of carbonyl (C=O) groups excluding carboxylic acids is 2. The molecular weight excluding hydrogens is 408 g/mol. The Morgan fingerprint density at radius 3 is 2.41 bits per heavy atom. The SMILES string of the molecule is COC(=O)CCN(Cc1ccccc1)C(=O)c1c(Br)c2ccccc2n1C. The molecule has 0 N–H and O–H groups in total. The van der Waals surface area contributed by atoms with Crippen molar-refractivity contribution < 1.29 is 14.3 Å². The number of esters is 1. The summed E-state index contributed by atoms with van der Waals surface area (Å²) in [6.45, 7) is 0.707. The summed E-state index contributed by atoms with van der Waals surface area (Å²) in [6, 6.07) is 17.6. The molecule has 2 aromatic carbocycles. The molecule has 0 bridgehead atoms. The van der Waals surface area contributed by atoms with Crippen LogP contribution in [0.3, 0.4) is 0 Å². The average Bonchev–Trinajstić information content (AvgIpc) is 2.96. The Bertz CT molecular complexity index is 927. The Balaban J connectivity index is 1.96. The molecule has 140 valence electrons. The van der Waals surface area contributed by atoms with Gasteiger partial charge in [0, 0.05) is 31.0 Å². The summed E-state index contributed by atoms with van der Waals surface area (Å²) in [5, 5.41) is 0.982. The molecule has 3 aromatic rings. The van der Waals surface area contributed by atoms with E-state index in [0.29, 0.717) is 12.2 Å². The molecule has 0 aliphatic heterocycles. The molecule has 0 saturated heterocycles. The summed E-state index contributed by atoms with van der Waals surface area (Å²) in [4.78, 5) is 26.7. The summed E-state index contributed by atoms with van der Waals surface area (Å²) in [5.41, 5.74) is 2.54. The lowest BCUT2D eigenvalue weighted by molar-refractivity contribution is -0.140. The number of carbonyl (C=O) groups is 2. The van der Waals surface area contributed by atoms with Crippen molar-refractivity contribution in [1.82, 2.24) is 9.47 Å². The van der Waals surface area contributed by atoms with Crippen molar-refractivity contribution in [1.29, 1.82) is 0 Å². The lowest BCUT2D eigenvalue weighted by atomic mass is 10.2. The first-order chi connectivity index (χ1) is 13.0. The van der Waals surface area contributed by atoms with Gasteiger partial charge >= 0.3 is 5.97 Å². The van der Waals surface area contributed by atoms with Crippen LogP contribution in [0.2, 0.25) is 0 Å². The lowest BCUT2D eigenvalue weighted by Gasteiger charge is -2.23. The third-order valence-corrected chi connectivity index (χ3v) is 5.37. The summed E-state index contributed by atoms with van der Waals surface area (Å²) in [7, 11) is 3.23. The van der Waals surface area contributed by atoms with Gasteiger partial charge < -0.3 is 14.2 Å². The van der Waals surface area contributed by atoms with Crippen molar-refractivity contribution >= 4 is 38.7 Å². The van der Waals surface area contributed by atoms with Crippen LogP contribution < -0.4 is 0 Å². The van der Waals surface area contributed by atoms with E-state index in [4.69, 9.17) is 4.74 Å². The topological polar surface area (TPSA) is 51.5 Å². The predicted octanol–water partition coefficient (Wildman–Crippen LogP) is 4.15. The zero-order valence-electron chi connectivity index (χ0n) is 15.3. The second-order valence-corrected chi connectivity index (χ2v) is 7.07. The molecule has 0 aliphatic carbocycles. The van der Waals surface area contributed by atoms with Crippen molar-refractivity contribution in [2.75, 3.05) is 13.7 Å². The van der Waals surface area contributed by atoms with E-state index in [1.165, 1.54) is 7.11 Å². The average molecular weight is 429 g/mol. The van der Waals surface area contributed by atoms with Gasteiger partial charge in [-0.05, 0) is 27.6 Å². The van der Waals surface area contributed by atoms with Gasteiger partial charge in [0.25, 0.3) is 5.91 Å². The number of fused-ring (bicyclic) bond motifs is 1. The van der Waals surface area contributed by atoms with Crippen molar-refractivity contribution in [3.63, 3.8) is 0 Å². The summed E-state index contributed by atoms with van der Waals surface area (Å²) in [5.74, 6) is -0.467. The van der Waals surface area contributed by atoms with Crippen LogP contribution in [-0.2, 0) is 23.1 Å². The minimum atomic E-state index is -0.336. The van der Waals surface area contributed by atoms with Gasteiger partial charge in [0.15, 0.2) is 0 Å². The number of ether oxygens (including phenoxy) is 1. The maximum absolute atomic E-state index is 13.4. The van der Waals surface area contributed by atoms with Crippen LogP contribution in [0.5, 0.6) is 0 Å². The molecule has 27 heavy (non-hydrogen) atoms. The number of amides is 1. The largest absolute Gasteiger partial charge is 0.469 e. The standard InChI is InChI=1S/C21H21BrN2O3/c1-23-17-11-7-6-10-16(17)19(22)20(23)21(26)24(13-12-18(25)27-2)14-15-8-4-3-5-9-15/h3-11H,12-14H2,1-2H3. The second-order valence-electron chi connectivity index (χ2n) is 6.28. The molecule has 0 radical (unpaired) electrons. The molecule has 1 aromatic heterocycles. The first-order valence-corrected chi connectivity index (χ1v) is 9.45. The van der Waals surface area contributed by atoms with E-state index in [-0.39, 0.29) is 24.8 Å². The lowest BCUT2D eigenvalue weighted by Crippen LogP contribution is -2.34. The molecule has 5 nitrogen and oxygen atoms in total. The maximum Gasteiger partial charge on any atom is 0.307 e. The van der Waals surface area contributed by atoms with Gasteiger partial charge in [-0.2, -0.15) is 0 Å². The Kier molecular flexibility index (Phi) is 5.96. The molecule has 0 atom stereocenters. The highest BCUT2D eigenvalue weighted by molar-refractivity contribution is 9.10. The summed E-state index contributed by atoms with van der Waals surface area (Å²) < 4.78 is 7.39. The molecule has 0 fully saturated rings. The quantitative estimate of drug-likeness (QED) is 0.554. The highest BCUT2D eigenvalue weighted by Crippen LogP contribution is 2.31. The van der Waals surface area contributed by atoms with Gasteiger partial charge in [0.05, 0.1) is 18.0 Å². The highest BCUT2D eigenvalue weighted by atomic mass is 79.9. The Morgan fingerprint density at radius 2 is 1.74 bits per heavy atom. The van der Waals surface area contributed by atoms with Crippen LogP contribution in [-0.4, -0.2) is 35.0 Å². The fourth-order valence-corrected chi connectivity index (χ4v) is 3.89. The fraction of sp³-hybridized carbons (Fsp3) is 0.238. The highest BCUT2D eigenvalue weighted by Gasteiger charge is 2.25. The van der Waals surface area contributed by atoms with Crippen LogP contribution in [0.15, 0.2) is 59.1 Å². The number of nitrogens with zero attached hydrogens (tertiary/aromatic N) is 2. The normalized spacial score (nSPS) is 10.8. The summed E-state index contributed by atoms with van der Waals surface area (Å²) in [6.07, 6.45) is 0.149. The van der Waals surface area contributed by atoms with Crippen LogP contribution in [0, 0.1) is 0 Å².